The molecule has 0 aromatic rings. The Kier molecular flexibility index (Phi) is 8.03. The van der Waals surface area contributed by atoms with E-state index in [1.165, 1.54) is 25.9 Å². The quantitative estimate of drug-likeness (QED) is 0.572. The Hall–Kier alpha value is -0.390. The number of nitrogens with zero attached hydrogens (tertiary/aromatic N) is 1. The maximum atomic E-state index is 6.18. The summed E-state index contributed by atoms with van der Waals surface area (Å²) in [6, 6.07) is 1.19. The van der Waals surface area contributed by atoms with Crippen molar-refractivity contribution in [2.75, 3.05) is 39.4 Å². The SMILES string of the molecule is CC(C)[C@H](CN1CCC(C2=CC=C(Cl)CC2)C(C)(C)C1)NCCC1CNCN1. The maximum absolute atomic E-state index is 6.18. The molecule has 28 heavy (non-hydrogen) atoms. The van der Waals surface area contributed by atoms with Gasteiger partial charge in [-0.1, -0.05) is 50.9 Å². The van der Waals surface area contributed by atoms with Gasteiger partial charge in [-0.15, -0.1) is 0 Å². The molecule has 2 unspecified atom stereocenters. The first-order valence-corrected chi connectivity index (χ1v) is 11.7. The van der Waals surface area contributed by atoms with Gasteiger partial charge in [0.1, 0.15) is 0 Å². The molecule has 2 heterocycles. The molecular formula is C23H41ClN4. The minimum atomic E-state index is 0.322. The lowest BCUT2D eigenvalue weighted by atomic mass is 9.68. The van der Waals surface area contributed by atoms with Crippen LogP contribution in [0.25, 0.3) is 0 Å². The highest BCUT2D eigenvalue weighted by atomic mass is 35.5. The molecule has 3 atom stereocenters. The van der Waals surface area contributed by atoms with Crippen LogP contribution in [0, 0.1) is 17.3 Å². The van der Waals surface area contributed by atoms with Crippen LogP contribution < -0.4 is 16.0 Å². The molecule has 160 valence electrons. The summed E-state index contributed by atoms with van der Waals surface area (Å²) in [7, 11) is 0. The van der Waals surface area contributed by atoms with Gasteiger partial charge in [0.2, 0.25) is 0 Å². The lowest BCUT2D eigenvalue weighted by Crippen LogP contribution is -2.52. The van der Waals surface area contributed by atoms with Crippen molar-refractivity contribution in [1.29, 1.82) is 0 Å². The summed E-state index contributed by atoms with van der Waals surface area (Å²) >= 11 is 6.18. The average Bonchev–Trinajstić information content (AvgIpc) is 3.14. The predicted octanol–water partition coefficient (Wildman–Crippen LogP) is 3.70. The van der Waals surface area contributed by atoms with Crippen LogP contribution in [0.15, 0.2) is 22.8 Å². The Balaban J connectivity index is 1.50. The highest BCUT2D eigenvalue weighted by molar-refractivity contribution is 6.29. The van der Waals surface area contributed by atoms with E-state index in [4.69, 9.17) is 11.6 Å². The van der Waals surface area contributed by atoms with Crippen LogP contribution in [0.3, 0.4) is 0 Å². The zero-order valence-corrected chi connectivity index (χ0v) is 19.1. The molecule has 2 saturated heterocycles. The molecule has 0 radical (unpaired) electrons. The third-order valence-corrected chi connectivity index (χ3v) is 7.27. The first kappa shape index (κ1) is 22.3. The van der Waals surface area contributed by atoms with E-state index in [0.29, 0.717) is 29.3 Å². The van der Waals surface area contributed by atoms with Gasteiger partial charge in [0.05, 0.1) is 0 Å². The highest BCUT2D eigenvalue weighted by Gasteiger charge is 2.38. The second-order valence-corrected chi connectivity index (χ2v) is 10.5. The Bertz CT molecular complexity index is 563. The second-order valence-electron chi connectivity index (χ2n) is 10.0. The normalized spacial score (nSPS) is 29.6. The fourth-order valence-corrected chi connectivity index (χ4v) is 5.36. The van der Waals surface area contributed by atoms with E-state index in [2.05, 4.69) is 60.7 Å². The topological polar surface area (TPSA) is 39.3 Å². The average molecular weight is 409 g/mol. The van der Waals surface area contributed by atoms with Gasteiger partial charge in [-0.25, -0.2) is 0 Å². The standard InChI is InChI=1S/C23H41ClN4/c1-17(2)22(26-11-9-20-13-25-16-27-20)14-28-12-10-21(23(3,4)15-28)18-5-7-19(24)8-6-18/h5,7,17,20-22,25-27H,6,8-16H2,1-4H3/t20?,21?,22-/m0/s1. The number of allylic oxidation sites excluding steroid dienone is 4. The van der Waals surface area contributed by atoms with E-state index in [9.17, 15) is 0 Å². The van der Waals surface area contributed by atoms with Crippen molar-refractivity contribution in [3.05, 3.63) is 22.8 Å². The fraction of sp³-hybridized carbons (Fsp3) is 0.826. The Morgan fingerprint density at radius 3 is 2.71 bits per heavy atom. The summed E-state index contributed by atoms with van der Waals surface area (Å²) in [4.78, 5) is 2.70. The van der Waals surface area contributed by atoms with E-state index in [-0.39, 0.29) is 0 Å². The van der Waals surface area contributed by atoms with Crippen molar-refractivity contribution in [2.24, 2.45) is 17.3 Å². The predicted molar refractivity (Wildman–Crippen MR) is 121 cm³/mol. The largest absolute Gasteiger partial charge is 0.312 e. The van der Waals surface area contributed by atoms with Crippen molar-refractivity contribution in [2.45, 2.75) is 65.5 Å². The van der Waals surface area contributed by atoms with Gasteiger partial charge < -0.3 is 20.9 Å². The smallest absolute Gasteiger partial charge is 0.0457 e. The minimum Gasteiger partial charge on any atom is -0.312 e. The summed E-state index contributed by atoms with van der Waals surface area (Å²) in [5.41, 5.74) is 1.94. The lowest BCUT2D eigenvalue weighted by molar-refractivity contribution is 0.0604. The van der Waals surface area contributed by atoms with Crippen molar-refractivity contribution < 1.29 is 0 Å². The monoisotopic (exact) mass is 408 g/mol. The van der Waals surface area contributed by atoms with E-state index in [1.807, 2.05) is 0 Å². The zero-order valence-electron chi connectivity index (χ0n) is 18.4. The van der Waals surface area contributed by atoms with Crippen LogP contribution in [-0.4, -0.2) is 56.4 Å². The van der Waals surface area contributed by atoms with Crippen LogP contribution in [0.2, 0.25) is 0 Å². The molecule has 2 aliphatic heterocycles. The molecule has 2 fully saturated rings. The molecule has 3 aliphatic rings. The molecule has 4 nitrogen and oxygen atoms in total. The van der Waals surface area contributed by atoms with Crippen LogP contribution in [0.1, 0.15) is 53.4 Å². The molecule has 0 aromatic carbocycles. The summed E-state index contributed by atoms with van der Waals surface area (Å²) in [6.07, 6.45) is 9.06. The number of hydrogen-bond donors (Lipinski definition) is 3. The number of rotatable bonds is 8. The number of hydrogen-bond acceptors (Lipinski definition) is 4. The number of nitrogens with one attached hydrogen (secondary N) is 3. The van der Waals surface area contributed by atoms with Crippen molar-refractivity contribution in [3.63, 3.8) is 0 Å². The van der Waals surface area contributed by atoms with Gasteiger partial charge >= 0.3 is 0 Å². The summed E-state index contributed by atoms with van der Waals surface area (Å²) in [5, 5.41) is 11.8. The van der Waals surface area contributed by atoms with Gasteiger partial charge in [-0.2, -0.15) is 0 Å². The number of halogens is 1. The molecule has 3 rings (SSSR count). The first-order valence-electron chi connectivity index (χ1n) is 11.3. The Morgan fingerprint density at radius 2 is 2.11 bits per heavy atom. The van der Waals surface area contributed by atoms with Gasteiger partial charge in [-0.05, 0) is 62.1 Å². The first-order chi connectivity index (χ1) is 13.3. The zero-order chi connectivity index (χ0) is 20.1. The van der Waals surface area contributed by atoms with Crippen molar-refractivity contribution >= 4 is 11.6 Å². The molecule has 0 saturated carbocycles. The molecule has 0 bridgehead atoms. The number of likely N-dealkylation sites (tertiary alicyclic amines) is 1. The van der Waals surface area contributed by atoms with Gasteiger partial charge in [0, 0.05) is 43.4 Å². The van der Waals surface area contributed by atoms with Gasteiger partial charge in [0.15, 0.2) is 0 Å². The number of piperidine rings is 1. The van der Waals surface area contributed by atoms with Crippen molar-refractivity contribution in [3.8, 4) is 0 Å². The van der Waals surface area contributed by atoms with Gasteiger partial charge in [0.25, 0.3) is 0 Å². The molecule has 0 spiro atoms. The van der Waals surface area contributed by atoms with Crippen LogP contribution >= 0.6 is 11.6 Å². The molecule has 3 N–H and O–H groups in total. The molecule has 0 aromatic heterocycles. The van der Waals surface area contributed by atoms with Crippen LogP contribution in [0.5, 0.6) is 0 Å². The van der Waals surface area contributed by atoms with Gasteiger partial charge in [-0.3, -0.25) is 0 Å². The molecule has 0 amide bonds. The van der Waals surface area contributed by atoms with Crippen LogP contribution in [-0.2, 0) is 0 Å². The highest BCUT2D eigenvalue weighted by Crippen LogP contribution is 2.42. The van der Waals surface area contributed by atoms with E-state index < -0.39 is 0 Å². The second kappa shape index (κ2) is 10.1. The van der Waals surface area contributed by atoms with Crippen molar-refractivity contribution in [1.82, 2.24) is 20.9 Å². The molecule has 5 heteroatoms. The summed E-state index contributed by atoms with van der Waals surface area (Å²) < 4.78 is 0. The Labute approximate surface area is 177 Å². The minimum absolute atomic E-state index is 0.322. The molecular weight excluding hydrogens is 368 g/mol. The van der Waals surface area contributed by atoms with E-state index in [1.54, 1.807) is 5.57 Å². The summed E-state index contributed by atoms with van der Waals surface area (Å²) in [5.74, 6) is 1.35. The Morgan fingerprint density at radius 1 is 1.29 bits per heavy atom. The molecule has 1 aliphatic carbocycles. The van der Waals surface area contributed by atoms with E-state index in [0.717, 1.165) is 44.2 Å². The maximum Gasteiger partial charge on any atom is 0.0457 e. The lowest BCUT2D eigenvalue weighted by Gasteiger charge is -2.47. The van der Waals surface area contributed by atoms with E-state index >= 15 is 0 Å². The van der Waals surface area contributed by atoms with Crippen LogP contribution in [0.4, 0.5) is 0 Å². The summed E-state index contributed by atoms with van der Waals surface area (Å²) in [6.45, 7) is 16.3. The fourth-order valence-electron chi connectivity index (χ4n) is 5.20. The third kappa shape index (κ3) is 6.06. The third-order valence-electron chi connectivity index (χ3n) is 6.95.